The van der Waals surface area contributed by atoms with Crippen molar-refractivity contribution in [3.8, 4) is 0 Å². The molecule has 0 spiro atoms. The van der Waals surface area contributed by atoms with E-state index in [2.05, 4.69) is 0 Å². The van der Waals surface area contributed by atoms with Crippen LogP contribution in [0.25, 0.3) is 5.57 Å². The molecule has 3 nitrogen and oxygen atoms in total. The van der Waals surface area contributed by atoms with E-state index in [0.717, 1.165) is 0 Å². The minimum Gasteiger partial charge on any atom is -0.463 e. The van der Waals surface area contributed by atoms with Crippen LogP contribution in [0, 0.1) is 0 Å². The van der Waals surface area contributed by atoms with E-state index in [4.69, 9.17) is 21.1 Å². The quantitative estimate of drug-likeness (QED) is 0.764. The number of halogens is 2. The highest BCUT2D eigenvalue weighted by Crippen LogP contribution is 2.27. The molecule has 16 heavy (non-hydrogen) atoms. The van der Waals surface area contributed by atoms with E-state index in [9.17, 15) is 9.18 Å². The Balaban J connectivity index is 2.39. The third-order valence-corrected chi connectivity index (χ3v) is 2.43. The van der Waals surface area contributed by atoms with Crippen LogP contribution < -0.4 is 0 Å². The van der Waals surface area contributed by atoms with Crippen molar-refractivity contribution < 1.29 is 18.7 Å². The van der Waals surface area contributed by atoms with Crippen molar-refractivity contribution in [3.63, 3.8) is 0 Å². The van der Waals surface area contributed by atoms with Gasteiger partial charge in [-0.05, 0) is 17.7 Å². The lowest BCUT2D eigenvalue weighted by Gasteiger charge is -2.03. The first-order valence-corrected chi connectivity index (χ1v) is 4.95. The van der Waals surface area contributed by atoms with E-state index in [1.807, 2.05) is 0 Å². The molecule has 0 aliphatic carbocycles. The molecule has 1 aliphatic rings. The summed E-state index contributed by atoms with van der Waals surface area (Å²) in [7, 11) is 0. The van der Waals surface area contributed by atoms with Crippen LogP contribution in [-0.4, -0.2) is 19.4 Å². The Bertz CT molecular complexity index is 439. The Morgan fingerprint density at radius 1 is 1.38 bits per heavy atom. The highest BCUT2D eigenvalue weighted by Gasteiger charge is 2.27. The average molecular weight is 243 g/mol. The maximum atomic E-state index is 12.1. The van der Waals surface area contributed by atoms with Gasteiger partial charge < -0.3 is 9.47 Å². The largest absolute Gasteiger partial charge is 0.463 e. The second-order valence-electron chi connectivity index (χ2n) is 3.13. The Kier molecular flexibility index (Phi) is 3.10. The van der Waals surface area contributed by atoms with Crippen LogP contribution in [0.3, 0.4) is 0 Å². The van der Waals surface area contributed by atoms with Gasteiger partial charge >= 0.3 is 5.97 Å². The van der Waals surface area contributed by atoms with Crippen LogP contribution in [0.2, 0.25) is 5.02 Å². The van der Waals surface area contributed by atoms with Crippen molar-refractivity contribution in [2.75, 3.05) is 13.5 Å². The van der Waals surface area contributed by atoms with Gasteiger partial charge in [0.05, 0.1) is 0 Å². The molecule has 0 unspecified atom stereocenters. The van der Waals surface area contributed by atoms with Gasteiger partial charge in [-0.15, -0.1) is 0 Å². The van der Waals surface area contributed by atoms with E-state index >= 15 is 0 Å². The van der Waals surface area contributed by atoms with Gasteiger partial charge in [0.25, 0.3) is 0 Å². The van der Waals surface area contributed by atoms with Gasteiger partial charge in [0.1, 0.15) is 12.2 Å². The predicted molar refractivity (Wildman–Crippen MR) is 56.4 cm³/mol. The maximum absolute atomic E-state index is 12.1. The topological polar surface area (TPSA) is 35.5 Å². The third-order valence-electron chi connectivity index (χ3n) is 2.18. The number of alkyl halides is 1. The second kappa shape index (κ2) is 4.53. The molecule has 0 aromatic heterocycles. The van der Waals surface area contributed by atoms with Gasteiger partial charge in [0.15, 0.2) is 5.76 Å². The zero-order valence-electron chi connectivity index (χ0n) is 8.20. The molecular weight excluding hydrogens is 235 g/mol. The number of hydrogen-bond donors (Lipinski definition) is 0. The molecule has 0 radical (unpaired) electrons. The molecule has 5 heteroatoms. The fourth-order valence-corrected chi connectivity index (χ4v) is 1.59. The third kappa shape index (κ3) is 2.02. The van der Waals surface area contributed by atoms with E-state index < -0.39 is 12.8 Å². The van der Waals surface area contributed by atoms with Crippen LogP contribution in [0.4, 0.5) is 4.39 Å². The molecule has 1 aliphatic heterocycles. The number of rotatable bonds is 3. The molecule has 0 fully saturated rings. The summed E-state index contributed by atoms with van der Waals surface area (Å²) >= 11 is 5.73. The molecule has 0 bridgehead atoms. The lowest BCUT2D eigenvalue weighted by Crippen LogP contribution is -1.98. The molecule has 1 aromatic rings. The van der Waals surface area contributed by atoms with Crippen LogP contribution in [0.15, 0.2) is 30.0 Å². The van der Waals surface area contributed by atoms with Crippen molar-refractivity contribution in [2.24, 2.45) is 0 Å². The van der Waals surface area contributed by atoms with E-state index in [1.54, 1.807) is 24.3 Å². The van der Waals surface area contributed by atoms with Gasteiger partial charge in [-0.3, -0.25) is 0 Å². The number of cyclic esters (lactones) is 1. The zero-order chi connectivity index (χ0) is 11.5. The number of carbonyl (C=O) groups is 1. The Morgan fingerprint density at radius 2 is 2.06 bits per heavy atom. The molecule has 2 rings (SSSR count). The molecule has 0 N–H and O–H groups in total. The van der Waals surface area contributed by atoms with Crippen molar-refractivity contribution in [3.05, 3.63) is 40.6 Å². The molecule has 0 saturated heterocycles. The van der Waals surface area contributed by atoms with Crippen LogP contribution in [0.5, 0.6) is 0 Å². The predicted octanol–water partition coefficient (Wildman–Crippen LogP) is 2.55. The maximum Gasteiger partial charge on any atom is 0.342 e. The summed E-state index contributed by atoms with van der Waals surface area (Å²) < 4.78 is 21.6. The number of carbonyl (C=O) groups excluding carboxylic acids is 1. The average Bonchev–Trinajstić information content (AvgIpc) is 2.62. The smallest absolute Gasteiger partial charge is 0.342 e. The standard InChI is InChI=1S/C11H8ClFO3/c12-8-3-1-7(2-4-8)10-9(16-6-13)5-15-11(10)14/h1-4H,5-6H2. The zero-order valence-corrected chi connectivity index (χ0v) is 8.96. The number of esters is 1. The summed E-state index contributed by atoms with van der Waals surface area (Å²) in [6, 6.07) is 6.60. The Hall–Kier alpha value is -1.55. The number of hydrogen-bond acceptors (Lipinski definition) is 3. The number of benzene rings is 1. The summed E-state index contributed by atoms with van der Waals surface area (Å²) in [5.41, 5.74) is 0.865. The van der Waals surface area contributed by atoms with Crippen molar-refractivity contribution >= 4 is 23.1 Å². The summed E-state index contributed by atoms with van der Waals surface area (Å²) in [4.78, 5) is 11.4. The van der Waals surface area contributed by atoms with E-state index in [0.29, 0.717) is 10.6 Å². The molecule has 0 saturated carbocycles. The van der Waals surface area contributed by atoms with Crippen molar-refractivity contribution in [1.82, 2.24) is 0 Å². The lowest BCUT2D eigenvalue weighted by atomic mass is 10.1. The number of ether oxygens (including phenoxy) is 2. The van der Waals surface area contributed by atoms with Crippen LogP contribution >= 0.6 is 11.6 Å². The van der Waals surface area contributed by atoms with Crippen molar-refractivity contribution in [1.29, 1.82) is 0 Å². The fourth-order valence-electron chi connectivity index (χ4n) is 1.46. The SMILES string of the molecule is O=C1OCC(OCF)=C1c1ccc(Cl)cc1. The molecule has 0 amide bonds. The molecule has 84 valence electrons. The first-order valence-electron chi connectivity index (χ1n) is 4.57. The second-order valence-corrected chi connectivity index (χ2v) is 3.57. The Morgan fingerprint density at radius 3 is 2.69 bits per heavy atom. The fraction of sp³-hybridized carbons (Fsp3) is 0.182. The Labute approximate surface area is 96.4 Å². The highest BCUT2D eigenvalue weighted by molar-refractivity contribution is 6.30. The monoisotopic (exact) mass is 242 g/mol. The summed E-state index contributed by atoms with van der Waals surface area (Å²) in [5.74, 6) is -0.291. The summed E-state index contributed by atoms with van der Waals surface area (Å²) in [6.45, 7) is -1.01. The van der Waals surface area contributed by atoms with Gasteiger partial charge in [-0.1, -0.05) is 23.7 Å². The van der Waals surface area contributed by atoms with Gasteiger partial charge in [0, 0.05) is 5.02 Å². The minimum absolute atomic E-state index is 0.0271. The minimum atomic E-state index is -0.983. The first-order chi connectivity index (χ1) is 7.72. The first kappa shape index (κ1) is 11.0. The normalized spacial score (nSPS) is 15.2. The van der Waals surface area contributed by atoms with Crippen LogP contribution in [-0.2, 0) is 14.3 Å². The lowest BCUT2D eigenvalue weighted by molar-refractivity contribution is -0.134. The molecular formula is C11H8ClFO3. The van der Waals surface area contributed by atoms with Crippen LogP contribution in [0.1, 0.15) is 5.56 Å². The van der Waals surface area contributed by atoms with Crippen molar-refractivity contribution in [2.45, 2.75) is 0 Å². The van der Waals surface area contributed by atoms with E-state index in [1.165, 1.54) is 0 Å². The van der Waals surface area contributed by atoms with Gasteiger partial charge in [-0.2, -0.15) is 0 Å². The van der Waals surface area contributed by atoms with Gasteiger partial charge in [0.2, 0.25) is 6.86 Å². The molecule has 1 aromatic carbocycles. The summed E-state index contributed by atoms with van der Waals surface area (Å²) in [6.07, 6.45) is 0. The highest BCUT2D eigenvalue weighted by atomic mass is 35.5. The van der Waals surface area contributed by atoms with E-state index in [-0.39, 0.29) is 17.9 Å². The molecule has 1 heterocycles. The molecule has 0 atom stereocenters. The van der Waals surface area contributed by atoms with Gasteiger partial charge in [-0.25, -0.2) is 9.18 Å². The summed E-state index contributed by atoms with van der Waals surface area (Å²) in [5, 5.41) is 0.559.